The molecule has 20 heavy (non-hydrogen) atoms. The molecule has 104 valence electrons. The highest BCUT2D eigenvalue weighted by atomic mass is 16.5. The van der Waals surface area contributed by atoms with Gasteiger partial charge in [-0.3, -0.25) is 0 Å². The predicted molar refractivity (Wildman–Crippen MR) is 74.0 cm³/mol. The van der Waals surface area contributed by atoms with Crippen LogP contribution in [0.5, 0.6) is 0 Å². The van der Waals surface area contributed by atoms with Gasteiger partial charge in [0.2, 0.25) is 0 Å². The summed E-state index contributed by atoms with van der Waals surface area (Å²) in [5.74, 6) is 0. The summed E-state index contributed by atoms with van der Waals surface area (Å²) >= 11 is 0. The minimum atomic E-state index is -0.935. The quantitative estimate of drug-likeness (QED) is 0.851. The van der Waals surface area contributed by atoms with Crippen LogP contribution in [0.15, 0.2) is 24.3 Å². The van der Waals surface area contributed by atoms with Crippen molar-refractivity contribution in [1.82, 2.24) is 0 Å². The van der Waals surface area contributed by atoms with E-state index in [-0.39, 0.29) is 12.2 Å². The molecule has 1 N–H and O–H groups in total. The number of nitrogens with zero attached hydrogens (tertiary/aromatic N) is 1. The van der Waals surface area contributed by atoms with Crippen LogP contribution < -0.4 is 0 Å². The number of hydrogen-bond acceptors (Lipinski definition) is 3. The summed E-state index contributed by atoms with van der Waals surface area (Å²) in [6.07, 6.45) is 4.88. The molecule has 1 aromatic rings. The predicted octanol–water partition coefficient (Wildman–Crippen LogP) is 2.37. The van der Waals surface area contributed by atoms with Crippen molar-refractivity contribution in [3.8, 4) is 6.07 Å². The van der Waals surface area contributed by atoms with Gasteiger partial charge in [0.15, 0.2) is 0 Å². The molecule has 0 spiro atoms. The maximum absolute atomic E-state index is 11.3. The van der Waals surface area contributed by atoms with Crippen molar-refractivity contribution in [1.29, 1.82) is 5.26 Å². The van der Waals surface area contributed by atoms with Gasteiger partial charge >= 0.3 is 0 Å². The molecular weight excluding hydrogens is 250 g/mol. The zero-order valence-electron chi connectivity index (χ0n) is 11.5. The lowest BCUT2D eigenvalue weighted by Gasteiger charge is -2.46. The minimum absolute atomic E-state index is 0.0761. The summed E-state index contributed by atoms with van der Waals surface area (Å²) in [7, 11) is 0. The Morgan fingerprint density at radius 2 is 2.05 bits per heavy atom. The largest absolute Gasteiger partial charge is 0.388 e. The Morgan fingerprint density at radius 3 is 2.70 bits per heavy atom. The second-order valence-electron chi connectivity index (χ2n) is 6.59. The van der Waals surface area contributed by atoms with Crippen molar-refractivity contribution in [2.24, 2.45) is 5.41 Å². The van der Waals surface area contributed by atoms with Gasteiger partial charge in [0.05, 0.1) is 23.9 Å². The van der Waals surface area contributed by atoms with Gasteiger partial charge in [-0.15, -0.1) is 0 Å². The Labute approximate surface area is 119 Å². The molecule has 4 atom stereocenters. The van der Waals surface area contributed by atoms with E-state index in [1.165, 1.54) is 11.1 Å². The first-order valence-electron chi connectivity index (χ1n) is 7.53. The number of benzene rings is 1. The fourth-order valence-electron chi connectivity index (χ4n) is 4.52. The first-order valence-corrected chi connectivity index (χ1v) is 7.53. The molecule has 1 aliphatic carbocycles. The fourth-order valence-corrected chi connectivity index (χ4v) is 4.52. The third-order valence-corrected chi connectivity index (χ3v) is 5.65. The van der Waals surface area contributed by atoms with Crippen LogP contribution in [0.1, 0.15) is 36.8 Å². The molecule has 0 aromatic heterocycles. The molecule has 2 saturated heterocycles. The van der Waals surface area contributed by atoms with Crippen molar-refractivity contribution < 1.29 is 9.84 Å². The van der Waals surface area contributed by atoms with Crippen molar-refractivity contribution in [3.63, 3.8) is 0 Å². The molecule has 2 fully saturated rings. The molecule has 0 saturated carbocycles. The fraction of sp³-hybridized carbons (Fsp3) is 0.588. The molecule has 2 bridgehead atoms. The van der Waals surface area contributed by atoms with Crippen LogP contribution in [0.2, 0.25) is 0 Å². The molecule has 3 aliphatic rings. The van der Waals surface area contributed by atoms with Crippen molar-refractivity contribution in [3.05, 3.63) is 35.4 Å². The number of hydrogen-bond donors (Lipinski definition) is 1. The zero-order valence-corrected chi connectivity index (χ0v) is 11.5. The first kappa shape index (κ1) is 12.4. The summed E-state index contributed by atoms with van der Waals surface area (Å²) in [6, 6.07) is 10.7. The molecule has 2 aliphatic heterocycles. The maximum atomic E-state index is 11.3. The lowest BCUT2D eigenvalue weighted by atomic mass is 9.58. The van der Waals surface area contributed by atoms with Crippen molar-refractivity contribution >= 4 is 0 Å². The molecular formula is C17H19NO2. The van der Waals surface area contributed by atoms with E-state index in [1.54, 1.807) is 0 Å². The Hall–Kier alpha value is -1.37. The van der Waals surface area contributed by atoms with E-state index in [2.05, 4.69) is 18.2 Å². The van der Waals surface area contributed by atoms with Gasteiger partial charge in [0, 0.05) is 6.42 Å². The summed E-state index contributed by atoms with van der Waals surface area (Å²) in [5, 5.41) is 21.1. The molecule has 4 unspecified atom stereocenters. The molecule has 1 aromatic carbocycles. The molecule has 0 radical (unpaired) electrons. The number of nitriles is 1. The number of aliphatic hydroxyl groups is 1. The first-order chi connectivity index (χ1) is 9.67. The number of rotatable bonds is 1. The molecule has 3 heteroatoms. The average molecular weight is 269 g/mol. The van der Waals surface area contributed by atoms with Crippen LogP contribution >= 0.6 is 0 Å². The van der Waals surface area contributed by atoms with Crippen LogP contribution in [0, 0.1) is 16.7 Å². The van der Waals surface area contributed by atoms with E-state index in [4.69, 9.17) is 4.74 Å². The summed E-state index contributed by atoms with van der Waals surface area (Å²) in [4.78, 5) is 0. The van der Waals surface area contributed by atoms with Gasteiger partial charge in [-0.05, 0) is 43.2 Å². The second-order valence-corrected chi connectivity index (χ2v) is 6.59. The smallest absolute Gasteiger partial charge is 0.115 e. The van der Waals surface area contributed by atoms with Crippen LogP contribution in [0.25, 0.3) is 0 Å². The van der Waals surface area contributed by atoms with Gasteiger partial charge in [-0.1, -0.05) is 24.3 Å². The standard InChI is InChI=1S/C17H19NO2/c18-11-16(10-14-5-6-15(16)20-14)17(19)8-7-12-3-1-2-4-13(12)9-17/h1-4,14-15,19H,5-10H2. The highest BCUT2D eigenvalue weighted by molar-refractivity contribution is 5.35. The Bertz CT molecular complexity index is 593. The van der Waals surface area contributed by atoms with Crippen LogP contribution in [-0.4, -0.2) is 22.9 Å². The van der Waals surface area contributed by atoms with Gasteiger partial charge in [-0.25, -0.2) is 0 Å². The van der Waals surface area contributed by atoms with E-state index >= 15 is 0 Å². The Balaban J connectivity index is 1.73. The van der Waals surface area contributed by atoms with Gasteiger partial charge in [0.1, 0.15) is 5.41 Å². The number of fused-ring (bicyclic) bond motifs is 3. The molecule has 3 nitrogen and oxygen atoms in total. The maximum Gasteiger partial charge on any atom is 0.115 e. The van der Waals surface area contributed by atoms with Crippen LogP contribution in [0.3, 0.4) is 0 Å². The molecule has 2 heterocycles. The highest BCUT2D eigenvalue weighted by Gasteiger charge is 2.63. The normalized spacial score (nSPS) is 42.2. The SMILES string of the molecule is N#CC1(C2(O)CCc3ccccc3C2)CC2CCC1O2. The van der Waals surface area contributed by atoms with E-state index in [1.807, 2.05) is 12.1 Å². The monoisotopic (exact) mass is 269 g/mol. The number of ether oxygens (including phenoxy) is 1. The van der Waals surface area contributed by atoms with E-state index < -0.39 is 11.0 Å². The van der Waals surface area contributed by atoms with Crippen LogP contribution in [0.4, 0.5) is 0 Å². The number of aryl methyl sites for hydroxylation is 1. The summed E-state index contributed by atoms with van der Waals surface area (Å²) < 4.78 is 5.90. The van der Waals surface area contributed by atoms with Crippen molar-refractivity contribution in [2.45, 2.75) is 56.3 Å². The second kappa shape index (κ2) is 4.07. The molecule has 4 rings (SSSR count). The molecule has 0 amide bonds. The van der Waals surface area contributed by atoms with Gasteiger partial charge in [0.25, 0.3) is 0 Å². The van der Waals surface area contributed by atoms with E-state index in [9.17, 15) is 10.4 Å². The van der Waals surface area contributed by atoms with E-state index in [0.29, 0.717) is 19.3 Å². The minimum Gasteiger partial charge on any atom is -0.388 e. The lowest BCUT2D eigenvalue weighted by Crippen LogP contribution is -2.56. The third kappa shape index (κ3) is 1.47. The Kier molecular flexibility index (Phi) is 2.52. The average Bonchev–Trinajstić information content (AvgIpc) is 3.08. The van der Waals surface area contributed by atoms with Crippen molar-refractivity contribution in [2.75, 3.05) is 0 Å². The topological polar surface area (TPSA) is 53.2 Å². The summed E-state index contributed by atoms with van der Waals surface area (Å²) in [5.41, 5.74) is 0.868. The third-order valence-electron chi connectivity index (χ3n) is 5.65. The van der Waals surface area contributed by atoms with Gasteiger partial charge in [-0.2, -0.15) is 5.26 Å². The van der Waals surface area contributed by atoms with Crippen LogP contribution in [-0.2, 0) is 17.6 Å². The Morgan fingerprint density at radius 1 is 1.25 bits per heavy atom. The lowest BCUT2D eigenvalue weighted by molar-refractivity contribution is -0.0934. The van der Waals surface area contributed by atoms with Gasteiger partial charge < -0.3 is 9.84 Å². The highest BCUT2D eigenvalue weighted by Crippen LogP contribution is 2.56. The zero-order chi connectivity index (χ0) is 13.8. The van der Waals surface area contributed by atoms with E-state index in [0.717, 1.165) is 19.3 Å². The summed E-state index contributed by atoms with van der Waals surface area (Å²) in [6.45, 7) is 0.